The molecule has 2 aliphatic heterocycles. The van der Waals surface area contributed by atoms with Gasteiger partial charge in [0.2, 0.25) is 0 Å². The molecule has 0 saturated heterocycles. The topological polar surface area (TPSA) is 153 Å². The summed E-state index contributed by atoms with van der Waals surface area (Å²) in [5, 5.41) is 21.1. The molecular formula is C80H50Cl2Cu2N10. The van der Waals surface area contributed by atoms with Crippen LogP contribution in [-0.4, -0.2) is 29.9 Å². The first kappa shape index (κ1) is 63.0. The fourth-order valence-electron chi connectivity index (χ4n) is 11.4. The molecule has 5 heterocycles. The summed E-state index contributed by atoms with van der Waals surface area (Å²) < 4.78 is 0. The maximum absolute atomic E-state index is 8.99. The maximum atomic E-state index is 8.99. The Morgan fingerprint density at radius 2 is 0.553 bits per heavy atom. The van der Waals surface area contributed by atoms with Crippen molar-refractivity contribution in [3.8, 4) is 113 Å². The van der Waals surface area contributed by atoms with E-state index in [0.717, 1.165) is 140 Å². The molecule has 0 saturated carbocycles. The van der Waals surface area contributed by atoms with Crippen LogP contribution in [0, 0.1) is 22.7 Å². The summed E-state index contributed by atoms with van der Waals surface area (Å²) in [6.45, 7) is 19.5. The molecule has 10 nitrogen and oxygen atoms in total. The Bertz CT molecular complexity index is 5430. The van der Waals surface area contributed by atoms with Gasteiger partial charge in [0.05, 0.1) is 34.4 Å². The minimum atomic E-state index is 0. The summed E-state index contributed by atoms with van der Waals surface area (Å²) in [5.41, 5.74) is 21.4. The van der Waals surface area contributed by atoms with Crippen molar-refractivity contribution in [1.82, 2.24) is 39.9 Å². The standard InChI is InChI=1S/C64H40N8.C16H10N2.2ClH.2Cu/c1-5-37-9-17-41(18-10-37)45-25-29-49-53(33-45)61-66-57(49)65-58-50-30-26-46(42-19-11-38(6-2)12-20-42)34-54(50)62(67-58)69-60-52-32-28-48(44-23-15-40(8-4)16-24-44)36-56(52)64(71-60)72-63-55-35-47(27-31-51(55)59(68-61)70-63)43-21-13-39(7-3)14-22-43;1-2-12-3-5-13(6-4-12)14-7-8-15(10-17)16(9-14)11-18;;;;/h5-36H,1-4H2;2-9H,1H2;2*1H;;/q-2;;;;2*+2/p-2. The average Bonchev–Trinajstić information content (AvgIpc) is 1.60. The molecule has 0 spiro atoms. The summed E-state index contributed by atoms with van der Waals surface area (Å²) >= 11 is 0.757. The van der Waals surface area contributed by atoms with Crippen molar-refractivity contribution in [2.75, 3.05) is 0 Å². The molecule has 2 aliphatic rings. The van der Waals surface area contributed by atoms with Gasteiger partial charge in [-0.3, -0.25) is 0 Å². The monoisotopic (exact) mass is 1350 g/mol. The van der Waals surface area contributed by atoms with Gasteiger partial charge in [0.1, 0.15) is 12.1 Å². The Morgan fingerprint density at radius 3 is 0.862 bits per heavy atom. The Morgan fingerprint density at radius 1 is 0.298 bits per heavy atom. The number of rotatable bonds is 10. The van der Waals surface area contributed by atoms with Crippen molar-refractivity contribution >= 4 is 94.7 Å². The molecule has 10 aromatic carbocycles. The molecule has 0 unspecified atom stereocenters. The summed E-state index contributed by atoms with van der Waals surface area (Å²) in [4.78, 5) is 42.2. The third kappa shape index (κ3) is 12.7. The van der Waals surface area contributed by atoms with Crippen molar-refractivity contribution < 1.29 is 30.2 Å². The third-order valence-electron chi connectivity index (χ3n) is 16.4. The van der Waals surface area contributed by atoms with Crippen molar-refractivity contribution in [2.24, 2.45) is 0 Å². The van der Waals surface area contributed by atoms with E-state index in [1.807, 2.05) is 66.8 Å². The molecular weight excluding hydrogens is 1300 g/mol. The maximum Gasteiger partial charge on any atom is 2.00 e. The van der Waals surface area contributed by atoms with Gasteiger partial charge in [-0.25, -0.2) is 9.97 Å². The number of fused-ring (bicyclic) bond motifs is 20. The zero-order valence-electron chi connectivity index (χ0n) is 50.0. The number of benzene rings is 10. The summed E-state index contributed by atoms with van der Waals surface area (Å²) in [5.74, 6) is 1.92. The number of nitriles is 2. The Kier molecular flexibility index (Phi) is 18.6. The SMILES string of the molecule is C=Cc1ccc(-c2ccc(C#N)c(C#N)c2)cc1.C=Cc1ccc(-c2ccc3c(c2)-c2nc-3nc3[n-]c(nc4nc(nc5[n-]c(n2)c2ccc(-c6ccc(C=C)cc6)cc52)-c2cc(-c5ccc(C=C)cc5)ccc2-4)c2cc(-c4ccc(C=C)cc4)ccc32)cc1.[Cl][Cu][Cl].[Cu+2]. The number of hydrogen-bond donors (Lipinski definition) is 0. The second-order valence-electron chi connectivity index (χ2n) is 21.7. The fourth-order valence-corrected chi connectivity index (χ4v) is 11.4. The number of nitrogens with zero attached hydrogens (tertiary/aromatic N) is 10. The van der Waals surface area contributed by atoms with E-state index >= 15 is 0 Å². The van der Waals surface area contributed by atoms with Crippen LogP contribution >= 0.6 is 20.2 Å². The molecule has 94 heavy (non-hydrogen) atoms. The van der Waals surface area contributed by atoms with E-state index in [4.69, 9.17) is 50.4 Å². The first-order valence-electron chi connectivity index (χ1n) is 29.3. The molecule has 8 bridgehead atoms. The average molecular weight is 1350 g/mol. The Labute approximate surface area is 568 Å². The quantitative estimate of drug-likeness (QED) is 0.121. The molecule has 3 aromatic heterocycles. The summed E-state index contributed by atoms with van der Waals surface area (Å²) in [6, 6.07) is 75.7. The molecule has 13 aromatic rings. The van der Waals surface area contributed by atoms with Crippen molar-refractivity contribution in [3.05, 3.63) is 284 Å². The van der Waals surface area contributed by atoms with Crippen LogP contribution in [0.1, 0.15) is 38.9 Å². The van der Waals surface area contributed by atoms with Crippen LogP contribution in [-0.2, 0) is 30.2 Å². The smallest absolute Gasteiger partial charge is 2.00 e. The van der Waals surface area contributed by atoms with Gasteiger partial charge in [0.15, 0.2) is 0 Å². The van der Waals surface area contributed by atoms with Crippen molar-refractivity contribution in [2.45, 2.75) is 0 Å². The first-order valence-corrected chi connectivity index (χ1v) is 31.9. The van der Waals surface area contributed by atoms with Crippen LogP contribution in [0.5, 0.6) is 0 Å². The molecule has 0 N–H and O–H groups in total. The molecule has 1 radical (unpaired) electrons. The van der Waals surface area contributed by atoms with Crippen LogP contribution < -0.4 is 9.97 Å². The third-order valence-corrected chi connectivity index (χ3v) is 16.4. The van der Waals surface area contributed by atoms with E-state index in [9.17, 15) is 0 Å². The van der Waals surface area contributed by atoms with Gasteiger partial charge in [-0.2, -0.15) is 10.5 Å². The molecule has 0 fully saturated rings. The molecule has 0 atom stereocenters. The normalized spacial score (nSPS) is 10.9. The van der Waals surface area contributed by atoms with Gasteiger partial charge in [-0.05, 0) is 141 Å². The summed E-state index contributed by atoms with van der Waals surface area (Å²) in [6.07, 6.45) is 9.16. The van der Waals surface area contributed by atoms with E-state index in [1.54, 1.807) is 18.2 Å². The minimum Gasteiger partial charge on any atom is 2.00 e. The van der Waals surface area contributed by atoms with Crippen LogP contribution in [0.4, 0.5) is 0 Å². The van der Waals surface area contributed by atoms with Gasteiger partial charge >= 0.3 is 50.4 Å². The first-order chi connectivity index (χ1) is 45.6. The van der Waals surface area contributed by atoms with Gasteiger partial charge in [0.25, 0.3) is 0 Å². The largest absolute Gasteiger partial charge is 2.00 e. The number of aromatic nitrogens is 8. The van der Waals surface area contributed by atoms with Crippen LogP contribution in [0.2, 0.25) is 0 Å². The van der Waals surface area contributed by atoms with E-state index < -0.39 is 0 Å². The molecule has 0 aliphatic carbocycles. The van der Waals surface area contributed by atoms with Gasteiger partial charge in [0, 0.05) is 44.8 Å². The van der Waals surface area contributed by atoms with Gasteiger partial charge < -0.3 is 29.9 Å². The molecule has 14 heteroatoms. The second kappa shape index (κ2) is 27.8. The minimum absolute atomic E-state index is 0. The van der Waals surface area contributed by atoms with Gasteiger partial charge in [-0.15, -0.1) is 0 Å². The zero-order chi connectivity index (χ0) is 64.1. The van der Waals surface area contributed by atoms with E-state index in [0.29, 0.717) is 57.0 Å². The summed E-state index contributed by atoms with van der Waals surface area (Å²) in [7, 11) is 9.34. The zero-order valence-corrected chi connectivity index (χ0v) is 53.4. The van der Waals surface area contributed by atoms with Crippen LogP contribution in [0.25, 0.3) is 176 Å². The van der Waals surface area contributed by atoms with Crippen molar-refractivity contribution in [3.63, 3.8) is 0 Å². The molecule has 0 amide bonds. The molecule has 15 rings (SSSR count). The number of halogens is 2. The predicted molar refractivity (Wildman–Crippen MR) is 379 cm³/mol. The second-order valence-corrected chi connectivity index (χ2v) is 23.2. The van der Waals surface area contributed by atoms with Gasteiger partial charge in [-0.1, -0.05) is 239 Å². The number of hydrogen-bond acceptors (Lipinski definition) is 8. The van der Waals surface area contributed by atoms with E-state index in [2.05, 4.69) is 223 Å². The van der Waals surface area contributed by atoms with E-state index in [1.165, 1.54) is 0 Å². The Hall–Kier alpha value is -11.1. The van der Waals surface area contributed by atoms with Crippen molar-refractivity contribution in [1.29, 1.82) is 10.5 Å². The predicted octanol–water partition coefficient (Wildman–Crippen LogP) is 20.5. The van der Waals surface area contributed by atoms with Crippen LogP contribution in [0.3, 0.4) is 0 Å². The fraction of sp³-hybridized carbons (Fsp3) is 0. The molecule has 456 valence electrons. The Balaban J connectivity index is 0.000000330. The van der Waals surface area contributed by atoms with E-state index in [-0.39, 0.29) is 17.1 Å². The van der Waals surface area contributed by atoms with Crippen LogP contribution in [0.15, 0.2) is 245 Å².